The van der Waals surface area contributed by atoms with E-state index in [1.54, 1.807) is 12.0 Å². The lowest BCUT2D eigenvalue weighted by atomic mass is 9.93. The van der Waals surface area contributed by atoms with E-state index in [1.165, 1.54) is 0 Å². The average molecular weight is 596 g/mol. The second kappa shape index (κ2) is 14.6. The molecular weight excluding hydrogens is 558 g/mol. The first kappa shape index (κ1) is 30.0. The van der Waals surface area contributed by atoms with Crippen LogP contribution in [0.2, 0.25) is 0 Å². The van der Waals surface area contributed by atoms with E-state index in [0.29, 0.717) is 6.61 Å². The van der Waals surface area contributed by atoms with Crippen LogP contribution in [0.5, 0.6) is 0 Å². The number of methoxy groups -OCH3 is 1. The molecule has 2 fully saturated rings. The van der Waals surface area contributed by atoms with Crippen molar-refractivity contribution in [3.63, 3.8) is 0 Å². The van der Waals surface area contributed by atoms with Crippen molar-refractivity contribution in [3.8, 4) is 0 Å². The van der Waals surface area contributed by atoms with Crippen molar-refractivity contribution < 1.29 is 33.2 Å². The molecule has 44 heavy (non-hydrogen) atoms. The molecular formula is C36H37NO7. The van der Waals surface area contributed by atoms with Gasteiger partial charge in [-0.1, -0.05) is 121 Å². The molecule has 0 aromatic heterocycles. The Hall–Kier alpha value is -4.05. The predicted octanol–water partition coefficient (Wildman–Crippen LogP) is 6.26. The first-order chi connectivity index (χ1) is 21.7. The highest BCUT2D eigenvalue weighted by Crippen LogP contribution is 2.38. The van der Waals surface area contributed by atoms with Crippen molar-refractivity contribution in [2.75, 3.05) is 13.7 Å². The Labute approximate surface area is 258 Å². The molecule has 228 valence electrons. The Morgan fingerprint density at radius 2 is 1.32 bits per heavy atom. The molecule has 4 aromatic carbocycles. The summed E-state index contributed by atoms with van der Waals surface area (Å²) < 4.78 is 37.7. The summed E-state index contributed by atoms with van der Waals surface area (Å²) in [7, 11) is 1.57. The van der Waals surface area contributed by atoms with Crippen molar-refractivity contribution >= 4 is 6.09 Å². The molecule has 1 amide bonds. The van der Waals surface area contributed by atoms with Crippen LogP contribution in [-0.2, 0) is 48.2 Å². The number of carbonyl (C=O) groups is 1. The fourth-order valence-corrected chi connectivity index (χ4v) is 5.69. The molecule has 0 N–H and O–H groups in total. The monoisotopic (exact) mass is 595 g/mol. The lowest BCUT2D eigenvalue weighted by Gasteiger charge is -2.51. The Morgan fingerprint density at radius 1 is 0.750 bits per heavy atom. The van der Waals surface area contributed by atoms with Gasteiger partial charge in [-0.2, -0.15) is 0 Å². The van der Waals surface area contributed by atoms with Crippen molar-refractivity contribution in [1.82, 2.24) is 4.90 Å². The number of ether oxygens (including phenoxy) is 6. The lowest BCUT2D eigenvalue weighted by Crippen LogP contribution is -2.67. The van der Waals surface area contributed by atoms with Crippen LogP contribution in [-0.4, -0.2) is 55.4 Å². The highest BCUT2D eigenvalue weighted by molar-refractivity contribution is 5.68. The Bertz CT molecular complexity index is 1440. The summed E-state index contributed by atoms with van der Waals surface area (Å²) >= 11 is 0. The van der Waals surface area contributed by atoms with Crippen LogP contribution in [0.1, 0.15) is 28.5 Å². The SMILES string of the molecule is CO[C@H]1O[C@@H]2CO[C@@H](c3ccccc3)O[C@H]2[C@H](OCc2ccccc2)[C@H]1N(Cc1ccccc1)C(=O)OCc1ccccc1. The summed E-state index contributed by atoms with van der Waals surface area (Å²) in [6.45, 7) is 0.959. The van der Waals surface area contributed by atoms with E-state index < -0.39 is 43.0 Å². The molecule has 0 bridgehead atoms. The van der Waals surface area contributed by atoms with Gasteiger partial charge >= 0.3 is 6.09 Å². The fourth-order valence-electron chi connectivity index (χ4n) is 5.69. The highest BCUT2D eigenvalue weighted by Gasteiger charge is 2.54. The summed E-state index contributed by atoms with van der Waals surface area (Å²) in [6, 6.07) is 38.4. The molecule has 2 aliphatic rings. The quantitative estimate of drug-likeness (QED) is 0.214. The molecule has 8 heteroatoms. The lowest BCUT2D eigenvalue weighted by molar-refractivity contribution is -0.354. The third-order valence-corrected chi connectivity index (χ3v) is 7.89. The maximum absolute atomic E-state index is 14.0. The summed E-state index contributed by atoms with van der Waals surface area (Å²) in [5.41, 5.74) is 3.70. The van der Waals surface area contributed by atoms with Crippen molar-refractivity contribution in [3.05, 3.63) is 144 Å². The third kappa shape index (κ3) is 7.18. The maximum Gasteiger partial charge on any atom is 0.410 e. The fraction of sp³-hybridized carbons (Fsp3) is 0.306. The number of benzene rings is 4. The van der Waals surface area contributed by atoms with Crippen LogP contribution >= 0.6 is 0 Å². The van der Waals surface area contributed by atoms with Crippen LogP contribution in [0.3, 0.4) is 0 Å². The number of rotatable bonds is 10. The van der Waals surface area contributed by atoms with Gasteiger partial charge < -0.3 is 28.4 Å². The molecule has 2 heterocycles. The number of fused-ring (bicyclic) bond motifs is 1. The molecule has 0 aliphatic carbocycles. The Kier molecular flexibility index (Phi) is 9.96. The molecule has 6 rings (SSSR count). The average Bonchev–Trinajstić information content (AvgIpc) is 3.09. The van der Waals surface area contributed by atoms with E-state index in [0.717, 1.165) is 22.3 Å². The summed E-state index contributed by atoms with van der Waals surface area (Å²) in [5.74, 6) is 0. The van der Waals surface area contributed by atoms with Gasteiger partial charge in [-0.25, -0.2) is 4.79 Å². The normalized spacial score (nSPS) is 24.7. The smallest absolute Gasteiger partial charge is 0.410 e. The molecule has 0 saturated carbocycles. The van der Waals surface area contributed by atoms with Gasteiger partial charge in [0.25, 0.3) is 0 Å². The van der Waals surface area contributed by atoms with Crippen LogP contribution < -0.4 is 0 Å². The second-order valence-corrected chi connectivity index (χ2v) is 10.9. The van der Waals surface area contributed by atoms with Crippen LogP contribution in [0.25, 0.3) is 0 Å². The third-order valence-electron chi connectivity index (χ3n) is 7.89. The summed E-state index contributed by atoms with van der Waals surface area (Å²) in [5, 5.41) is 0. The minimum absolute atomic E-state index is 0.123. The first-order valence-corrected chi connectivity index (χ1v) is 14.9. The van der Waals surface area contributed by atoms with E-state index in [4.69, 9.17) is 28.4 Å². The summed E-state index contributed by atoms with van der Waals surface area (Å²) in [6.07, 6.45) is -3.62. The van der Waals surface area contributed by atoms with Gasteiger partial charge in [0.05, 0.1) is 13.2 Å². The van der Waals surface area contributed by atoms with Gasteiger partial charge in [-0.15, -0.1) is 0 Å². The molecule has 6 atom stereocenters. The van der Waals surface area contributed by atoms with E-state index in [-0.39, 0.29) is 19.8 Å². The van der Waals surface area contributed by atoms with Crippen molar-refractivity contribution in [1.29, 1.82) is 0 Å². The molecule has 0 spiro atoms. The number of hydrogen-bond acceptors (Lipinski definition) is 7. The molecule has 2 aliphatic heterocycles. The minimum Gasteiger partial charge on any atom is -0.445 e. The van der Waals surface area contributed by atoms with E-state index in [9.17, 15) is 4.79 Å². The van der Waals surface area contributed by atoms with Gasteiger partial charge in [0, 0.05) is 19.2 Å². The number of hydrogen-bond donors (Lipinski definition) is 0. The summed E-state index contributed by atoms with van der Waals surface area (Å²) in [4.78, 5) is 15.7. The zero-order valence-electron chi connectivity index (χ0n) is 24.6. The van der Waals surface area contributed by atoms with Gasteiger partial charge in [-0.05, 0) is 16.7 Å². The minimum atomic E-state index is -0.828. The molecule has 0 radical (unpaired) electrons. The van der Waals surface area contributed by atoms with E-state index in [2.05, 4.69) is 0 Å². The zero-order valence-corrected chi connectivity index (χ0v) is 24.6. The predicted molar refractivity (Wildman–Crippen MR) is 163 cm³/mol. The van der Waals surface area contributed by atoms with Gasteiger partial charge in [-0.3, -0.25) is 4.90 Å². The molecule has 4 aromatic rings. The van der Waals surface area contributed by atoms with Gasteiger partial charge in [0.2, 0.25) is 0 Å². The van der Waals surface area contributed by atoms with Crippen LogP contribution in [0.15, 0.2) is 121 Å². The van der Waals surface area contributed by atoms with E-state index >= 15 is 0 Å². The highest BCUT2D eigenvalue weighted by atomic mass is 16.7. The van der Waals surface area contributed by atoms with Crippen molar-refractivity contribution in [2.24, 2.45) is 0 Å². The van der Waals surface area contributed by atoms with E-state index in [1.807, 2.05) is 121 Å². The zero-order chi connectivity index (χ0) is 30.1. The maximum atomic E-state index is 14.0. The number of carbonyl (C=O) groups excluding carboxylic acids is 1. The topological polar surface area (TPSA) is 75.7 Å². The molecule has 8 nitrogen and oxygen atoms in total. The second-order valence-electron chi connectivity index (χ2n) is 10.9. The van der Waals surface area contributed by atoms with Gasteiger partial charge in [0.15, 0.2) is 12.6 Å². The first-order valence-electron chi connectivity index (χ1n) is 14.9. The molecule has 2 saturated heterocycles. The Balaban J connectivity index is 1.34. The van der Waals surface area contributed by atoms with Crippen molar-refractivity contribution in [2.45, 2.75) is 56.7 Å². The number of amides is 1. The largest absolute Gasteiger partial charge is 0.445 e. The van der Waals surface area contributed by atoms with Gasteiger partial charge in [0.1, 0.15) is 31.0 Å². The number of nitrogens with zero attached hydrogens (tertiary/aromatic N) is 1. The standard InChI is InChI=1S/C36H37NO7/c1-39-35-31(37(22-26-14-6-2-7-15-26)36(38)42-24-28-18-10-4-11-19-28)33(40-23-27-16-8-3-9-17-27)32-30(43-35)25-41-34(44-32)29-20-12-5-13-21-29/h2-21,30-35H,22-25H2,1H3/t30-,31-,32-,33-,34-,35+/m1/s1. The Morgan fingerprint density at radius 3 is 1.93 bits per heavy atom. The molecule has 0 unspecified atom stereocenters. The van der Waals surface area contributed by atoms with Crippen LogP contribution in [0, 0.1) is 0 Å². The van der Waals surface area contributed by atoms with Crippen LogP contribution in [0.4, 0.5) is 4.79 Å².